The maximum atomic E-state index is 12.4. The molecule has 1 fully saturated rings. The zero-order valence-corrected chi connectivity index (χ0v) is 11.7. The molecule has 0 aromatic heterocycles. The lowest BCUT2D eigenvalue weighted by molar-refractivity contribution is 0.242. The molecule has 3 rings (SSSR count). The van der Waals surface area contributed by atoms with Crippen LogP contribution in [0.3, 0.4) is 0 Å². The van der Waals surface area contributed by atoms with E-state index in [1.165, 1.54) is 18.4 Å². The van der Waals surface area contributed by atoms with Crippen molar-refractivity contribution in [1.82, 2.24) is 5.32 Å². The van der Waals surface area contributed by atoms with Gasteiger partial charge >= 0.3 is 6.03 Å². The molecule has 0 bridgehead atoms. The number of fused-ring (bicyclic) bond motifs is 1. The number of hydrogen-bond acceptors (Lipinski definition) is 1. The van der Waals surface area contributed by atoms with Gasteiger partial charge in [-0.15, -0.1) is 0 Å². The lowest BCUT2D eigenvalue weighted by Crippen LogP contribution is -2.46. The Morgan fingerprint density at radius 3 is 2.84 bits per heavy atom. The van der Waals surface area contributed by atoms with E-state index >= 15 is 0 Å². The first-order valence-corrected chi connectivity index (χ1v) is 7.48. The van der Waals surface area contributed by atoms with Gasteiger partial charge in [0, 0.05) is 23.3 Å². The number of anilines is 1. The SMILES string of the molecule is O=C(NC1CCCC1)N1CCCc2cc(Cl)ccc21. The zero-order chi connectivity index (χ0) is 13.2. The molecule has 19 heavy (non-hydrogen) atoms. The highest BCUT2D eigenvalue weighted by atomic mass is 35.5. The molecule has 1 aliphatic heterocycles. The molecule has 1 heterocycles. The number of hydrogen-bond donors (Lipinski definition) is 1. The molecule has 1 N–H and O–H groups in total. The summed E-state index contributed by atoms with van der Waals surface area (Å²) in [5, 5.41) is 3.91. The predicted octanol–water partition coefficient (Wildman–Crippen LogP) is 3.74. The molecule has 3 nitrogen and oxygen atoms in total. The van der Waals surface area contributed by atoms with Crippen LogP contribution in [0.2, 0.25) is 5.02 Å². The number of rotatable bonds is 1. The van der Waals surface area contributed by atoms with Crippen LogP contribution in [-0.2, 0) is 6.42 Å². The first-order valence-electron chi connectivity index (χ1n) is 7.10. The number of nitrogens with one attached hydrogen (secondary N) is 1. The number of urea groups is 1. The highest BCUT2D eigenvalue weighted by Gasteiger charge is 2.25. The molecule has 1 saturated carbocycles. The number of carbonyl (C=O) groups is 1. The number of amides is 2. The summed E-state index contributed by atoms with van der Waals surface area (Å²) in [6, 6.07) is 6.22. The summed E-state index contributed by atoms with van der Waals surface area (Å²) in [6.45, 7) is 0.799. The van der Waals surface area contributed by atoms with Gasteiger partial charge in [0.1, 0.15) is 0 Å². The fourth-order valence-electron chi connectivity index (χ4n) is 3.10. The fraction of sp³-hybridized carbons (Fsp3) is 0.533. The second-order valence-electron chi connectivity index (χ2n) is 5.46. The average Bonchev–Trinajstić information content (AvgIpc) is 2.90. The summed E-state index contributed by atoms with van der Waals surface area (Å²) < 4.78 is 0. The van der Waals surface area contributed by atoms with Crippen LogP contribution in [0.4, 0.5) is 10.5 Å². The van der Waals surface area contributed by atoms with Crippen LogP contribution in [0.1, 0.15) is 37.7 Å². The van der Waals surface area contributed by atoms with E-state index in [-0.39, 0.29) is 6.03 Å². The third-order valence-corrected chi connectivity index (χ3v) is 4.32. The quantitative estimate of drug-likeness (QED) is 0.834. The van der Waals surface area contributed by atoms with Crippen LogP contribution in [0.15, 0.2) is 18.2 Å². The van der Waals surface area contributed by atoms with Crippen LogP contribution in [-0.4, -0.2) is 18.6 Å². The van der Waals surface area contributed by atoms with Crippen molar-refractivity contribution in [3.05, 3.63) is 28.8 Å². The Morgan fingerprint density at radius 1 is 1.26 bits per heavy atom. The smallest absolute Gasteiger partial charge is 0.322 e. The van der Waals surface area contributed by atoms with E-state index in [2.05, 4.69) is 5.32 Å². The first kappa shape index (κ1) is 12.8. The molecule has 0 spiro atoms. The van der Waals surface area contributed by atoms with Crippen molar-refractivity contribution in [3.63, 3.8) is 0 Å². The summed E-state index contributed by atoms with van der Waals surface area (Å²) >= 11 is 6.02. The highest BCUT2D eigenvalue weighted by Crippen LogP contribution is 2.30. The van der Waals surface area contributed by atoms with E-state index in [0.29, 0.717) is 6.04 Å². The van der Waals surface area contributed by atoms with Gasteiger partial charge in [-0.05, 0) is 49.4 Å². The van der Waals surface area contributed by atoms with E-state index < -0.39 is 0 Å². The lowest BCUT2D eigenvalue weighted by Gasteiger charge is -2.30. The summed E-state index contributed by atoms with van der Waals surface area (Å²) in [5.41, 5.74) is 2.20. The largest absolute Gasteiger partial charge is 0.335 e. The molecule has 2 amide bonds. The lowest BCUT2D eigenvalue weighted by atomic mass is 10.0. The molecule has 2 aliphatic rings. The second kappa shape index (κ2) is 5.41. The Morgan fingerprint density at radius 2 is 2.05 bits per heavy atom. The van der Waals surface area contributed by atoms with E-state index in [9.17, 15) is 4.79 Å². The molecular weight excluding hydrogens is 260 g/mol. The van der Waals surface area contributed by atoms with E-state index in [1.807, 2.05) is 23.1 Å². The van der Waals surface area contributed by atoms with E-state index in [4.69, 9.17) is 11.6 Å². The molecule has 0 radical (unpaired) electrons. The average molecular weight is 279 g/mol. The van der Waals surface area contributed by atoms with Crippen LogP contribution in [0, 0.1) is 0 Å². The number of aryl methyl sites for hydroxylation is 1. The Bertz CT molecular complexity index is 483. The summed E-state index contributed by atoms with van der Waals surface area (Å²) in [5.74, 6) is 0. The first-order chi connectivity index (χ1) is 9.24. The van der Waals surface area contributed by atoms with Crippen molar-refractivity contribution in [2.75, 3.05) is 11.4 Å². The minimum atomic E-state index is 0.0511. The normalized spacial score (nSPS) is 19.3. The zero-order valence-electron chi connectivity index (χ0n) is 11.0. The molecule has 102 valence electrons. The summed E-state index contributed by atoms with van der Waals surface area (Å²) in [7, 11) is 0. The maximum absolute atomic E-state index is 12.4. The minimum Gasteiger partial charge on any atom is -0.335 e. The van der Waals surface area contributed by atoms with Gasteiger partial charge < -0.3 is 5.32 Å². The minimum absolute atomic E-state index is 0.0511. The van der Waals surface area contributed by atoms with Crippen LogP contribution >= 0.6 is 11.6 Å². The second-order valence-corrected chi connectivity index (χ2v) is 5.90. The highest BCUT2D eigenvalue weighted by molar-refractivity contribution is 6.30. The molecule has 1 aliphatic carbocycles. The Kier molecular flexibility index (Phi) is 3.65. The van der Waals surface area contributed by atoms with Crippen molar-refractivity contribution in [3.8, 4) is 0 Å². The maximum Gasteiger partial charge on any atom is 0.322 e. The monoisotopic (exact) mass is 278 g/mol. The molecule has 0 saturated heterocycles. The molecule has 1 aromatic carbocycles. The van der Waals surface area contributed by atoms with Crippen LogP contribution < -0.4 is 10.2 Å². The Balaban J connectivity index is 1.76. The fourth-order valence-corrected chi connectivity index (χ4v) is 3.29. The van der Waals surface area contributed by atoms with Crippen LogP contribution in [0.5, 0.6) is 0 Å². The number of halogens is 1. The number of carbonyl (C=O) groups excluding carboxylic acids is 1. The van der Waals surface area contributed by atoms with Gasteiger partial charge in [0.15, 0.2) is 0 Å². The topological polar surface area (TPSA) is 32.3 Å². The van der Waals surface area contributed by atoms with Crippen molar-refractivity contribution >= 4 is 23.3 Å². The van der Waals surface area contributed by atoms with Gasteiger partial charge in [-0.1, -0.05) is 24.4 Å². The third kappa shape index (κ3) is 2.71. The Hall–Kier alpha value is -1.22. The van der Waals surface area contributed by atoms with Gasteiger partial charge in [-0.25, -0.2) is 4.79 Å². The Labute approximate surface area is 118 Å². The molecule has 4 heteroatoms. The van der Waals surface area contributed by atoms with Crippen molar-refractivity contribution < 1.29 is 4.79 Å². The molecule has 1 aromatic rings. The summed E-state index contributed by atoms with van der Waals surface area (Å²) in [6.07, 6.45) is 6.71. The van der Waals surface area contributed by atoms with Gasteiger partial charge in [0.2, 0.25) is 0 Å². The van der Waals surface area contributed by atoms with Crippen LogP contribution in [0.25, 0.3) is 0 Å². The van der Waals surface area contributed by atoms with Crippen molar-refractivity contribution in [2.45, 2.75) is 44.6 Å². The number of benzene rings is 1. The van der Waals surface area contributed by atoms with Gasteiger partial charge in [-0.2, -0.15) is 0 Å². The van der Waals surface area contributed by atoms with Crippen molar-refractivity contribution in [1.29, 1.82) is 0 Å². The molecular formula is C15H19ClN2O. The molecule has 0 atom stereocenters. The van der Waals surface area contributed by atoms with E-state index in [1.54, 1.807) is 0 Å². The van der Waals surface area contributed by atoms with Gasteiger partial charge in [0.25, 0.3) is 0 Å². The number of nitrogens with zero attached hydrogens (tertiary/aromatic N) is 1. The van der Waals surface area contributed by atoms with Crippen molar-refractivity contribution in [2.24, 2.45) is 0 Å². The summed E-state index contributed by atoms with van der Waals surface area (Å²) in [4.78, 5) is 14.3. The van der Waals surface area contributed by atoms with E-state index in [0.717, 1.165) is 42.9 Å². The van der Waals surface area contributed by atoms with Gasteiger partial charge in [-0.3, -0.25) is 4.90 Å². The molecule has 0 unspecified atom stereocenters. The standard InChI is InChI=1S/C15H19ClN2O/c16-12-7-8-14-11(10-12)4-3-9-18(14)15(19)17-13-5-1-2-6-13/h7-8,10,13H,1-6,9H2,(H,17,19). The third-order valence-electron chi connectivity index (χ3n) is 4.09. The predicted molar refractivity (Wildman–Crippen MR) is 77.9 cm³/mol. The van der Waals surface area contributed by atoms with Gasteiger partial charge in [0.05, 0.1) is 0 Å².